The monoisotopic (exact) mass is 251 g/mol. The van der Waals surface area contributed by atoms with E-state index in [1.54, 1.807) is 0 Å². The van der Waals surface area contributed by atoms with Gasteiger partial charge >= 0.3 is 0 Å². The zero-order chi connectivity index (χ0) is 13.3. The summed E-state index contributed by atoms with van der Waals surface area (Å²) in [5.41, 5.74) is 2.92. The van der Waals surface area contributed by atoms with Crippen molar-refractivity contribution >= 4 is 11.5 Å². The van der Waals surface area contributed by atoms with E-state index in [2.05, 4.69) is 29.6 Å². The number of benzene rings is 2. The fraction of sp³-hybridized carbons (Fsp3) is 0.176. The predicted molar refractivity (Wildman–Crippen MR) is 78.0 cm³/mol. The second-order valence-electron chi connectivity index (χ2n) is 5.17. The summed E-state index contributed by atoms with van der Waals surface area (Å²) in [6, 6.07) is 20.5. The van der Waals surface area contributed by atoms with Crippen molar-refractivity contribution in [3.05, 3.63) is 71.8 Å². The lowest BCUT2D eigenvalue weighted by Gasteiger charge is -2.20. The fourth-order valence-electron chi connectivity index (χ4n) is 2.29. The maximum atomic E-state index is 6.07. The zero-order valence-corrected chi connectivity index (χ0v) is 11.2. The first-order valence-corrected chi connectivity index (χ1v) is 6.48. The Hall–Kier alpha value is -2.22. The first-order chi connectivity index (χ1) is 9.16. The van der Waals surface area contributed by atoms with Gasteiger partial charge in [0.1, 0.15) is 0 Å². The molecule has 0 saturated heterocycles. The number of hydrogen-bond acceptors (Lipinski definition) is 2. The fourth-order valence-corrected chi connectivity index (χ4v) is 2.29. The molecule has 19 heavy (non-hydrogen) atoms. The first-order valence-electron chi connectivity index (χ1n) is 6.48. The van der Waals surface area contributed by atoms with Crippen LogP contribution in [0.25, 0.3) is 11.5 Å². The van der Waals surface area contributed by atoms with E-state index in [9.17, 15) is 0 Å². The van der Waals surface area contributed by atoms with Gasteiger partial charge in [-0.15, -0.1) is 0 Å². The SMILES string of the molecule is CC1(C)NC(c2ccccc2)=C(c2ccccc2)O1. The van der Waals surface area contributed by atoms with Crippen LogP contribution in [0, 0.1) is 0 Å². The number of hydrogen-bond donors (Lipinski definition) is 1. The highest BCUT2D eigenvalue weighted by atomic mass is 16.5. The molecule has 2 aromatic carbocycles. The van der Waals surface area contributed by atoms with Gasteiger partial charge in [-0.05, 0) is 13.8 Å². The molecule has 0 radical (unpaired) electrons. The molecule has 0 fully saturated rings. The molecular weight excluding hydrogens is 234 g/mol. The largest absolute Gasteiger partial charge is 0.466 e. The summed E-state index contributed by atoms with van der Waals surface area (Å²) in [6.07, 6.45) is 0. The molecule has 1 aliphatic heterocycles. The Bertz CT molecular complexity index is 546. The Morgan fingerprint density at radius 1 is 0.789 bits per heavy atom. The van der Waals surface area contributed by atoms with Crippen molar-refractivity contribution in [2.24, 2.45) is 0 Å². The number of ether oxygens (including phenoxy) is 1. The van der Waals surface area contributed by atoms with Crippen molar-refractivity contribution < 1.29 is 4.74 Å². The summed E-state index contributed by atoms with van der Waals surface area (Å²) in [4.78, 5) is 0. The van der Waals surface area contributed by atoms with Gasteiger partial charge in [0.2, 0.25) is 0 Å². The highest BCUT2D eigenvalue weighted by Crippen LogP contribution is 2.35. The van der Waals surface area contributed by atoms with Crippen LogP contribution in [0.1, 0.15) is 25.0 Å². The number of rotatable bonds is 2. The van der Waals surface area contributed by atoms with E-state index in [1.165, 1.54) is 0 Å². The van der Waals surface area contributed by atoms with E-state index >= 15 is 0 Å². The maximum absolute atomic E-state index is 6.07. The highest BCUT2D eigenvalue weighted by Gasteiger charge is 2.32. The summed E-state index contributed by atoms with van der Waals surface area (Å²) in [7, 11) is 0. The lowest BCUT2D eigenvalue weighted by molar-refractivity contribution is 0.0795. The van der Waals surface area contributed by atoms with Gasteiger partial charge in [0, 0.05) is 11.1 Å². The van der Waals surface area contributed by atoms with E-state index in [4.69, 9.17) is 4.74 Å². The second-order valence-corrected chi connectivity index (χ2v) is 5.17. The normalized spacial score (nSPS) is 16.9. The molecule has 96 valence electrons. The van der Waals surface area contributed by atoms with Gasteiger partial charge < -0.3 is 10.1 Å². The molecule has 0 atom stereocenters. The van der Waals surface area contributed by atoms with Gasteiger partial charge in [0.05, 0.1) is 5.70 Å². The van der Waals surface area contributed by atoms with Crippen molar-refractivity contribution in [1.82, 2.24) is 5.32 Å². The summed E-state index contributed by atoms with van der Waals surface area (Å²) in [5, 5.41) is 3.45. The first kappa shape index (κ1) is 11.8. The molecule has 0 amide bonds. The molecular formula is C17H17NO. The Labute approximate surface area is 113 Å². The van der Waals surface area contributed by atoms with Crippen molar-refractivity contribution in [2.75, 3.05) is 0 Å². The third kappa shape index (κ3) is 2.34. The molecule has 1 aliphatic rings. The highest BCUT2D eigenvalue weighted by molar-refractivity contribution is 5.88. The van der Waals surface area contributed by atoms with E-state index in [0.29, 0.717) is 0 Å². The van der Waals surface area contributed by atoms with Crippen LogP contribution < -0.4 is 5.32 Å². The number of nitrogens with one attached hydrogen (secondary N) is 1. The molecule has 2 nitrogen and oxygen atoms in total. The molecule has 2 aromatic rings. The molecule has 0 bridgehead atoms. The average Bonchev–Trinajstić information content (AvgIpc) is 2.77. The van der Waals surface area contributed by atoms with Crippen LogP contribution in [0.2, 0.25) is 0 Å². The van der Waals surface area contributed by atoms with Crippen LogP contribution >= 0.6 is 0 Å². The third-order valence-corrected chi connectivity index (χ3v) is 3.11. The molecule has 0 spiro atoms. The quantitative estimate of drug-likeness (QED) is 0.875. The smallest absolute Gasteiger partial charge is 0.175 e. The molecule has 0 aliphatic carbocycles. The van der Waals surface area contributed by atoms with Crippen molar-refractivity contribution in [1.29, 1.82) is 0 Å². The average molecular weight is 251 g/mol. The van der Waals surface area contributed by atoms with Crippen LogP contribution in [0.3, 0.4) is 0 Å². The topological polar surface area (TPSA) is 21.3 Å². The van der Waals surface area contributed by atoms with E-state index in [0.717, 1.165) is 22.6 Å². The zero-order valence-electron chi connectivity index (χ0n) is 11.2. The molecule has 0 aromatic heterocycles. The summed E-state index contributed by atoms with van der Waals surface area (Å²) >= 11 is 0. The predicted octanol–water partition coefficient (Wildman–Crippen LogP) is 3.87. The Morgan fingerprint density at radius 2 is 1.32 bits per heavy atom. The van der Waals surface area contributed by atoms with Crippen molar-refractivity contribution in [3.8, 4) is 0 Å². The summed E-state index contributed by atoms with van der Waals surface area (Å²) in [5.74, 6) is 0.914. The summed E-state index contributed by atoms with van der Waals surface area (Å²) in [6.45, 7) is 4.07. The van der Waals surface area contributed by atoms with Gasteiger partial charge in [0.25, 0.3) is 0 Å². The molecule has 2 heteroatoms. The molecule has 1 N–H and O–H groups in total. The molecule has 0 saturated carbocycles. The van der Waals surface area contributed by atoms with E-state index < -0.39 is 0 Å². The van der Waals surface area contributed by atoms with Gasteiger partial charge in [-0.1, -0.05) is 60.7 Å². The Balaban J connectivity index is 2.11. The van der Waals surface area contributed by atoms with Crippen LogP contribution in [-0.2, 0) is 4.74 Å². The van der Waals surface area contributed by atoms with Crippen LogP contribution in [-0.4, -0.2) is 5.72 Å². The van der Waals surface area contributed by atoms with Crippen LogP contribution in [0.5, 0.6) is 0 Å². The van der Waals surface area contributed by atoms with Crippen molar-refractivity contribution in [2.45, 2.75) is 19.6 Å². The maximum Gasteiger partial charge on any atom is 0.175 e. The Kier molecular flexibility index (Phi) is 2.79. The standard InChI is InChI=1S/C17H17NO/c1-17(2)18-15(13-9-5-3-6-10-13)16(19-17)14-11-7-4-8-12-14/h3-12,18H,1-2H3. The molecule has 1 heterocycles. The van der Waals surface area contributed by atoms with Gasteiger partial charge in [-0.25, -0.2) is 0 Å². The second kappa shape index (κ2) is 4.47. The molecule has 3 rings (SSSR count). The van der Waals surface area contributed by atoms with E-state index in [1.807, 2.05) is 50.2 Å². The molecule has 0 unspecified atom stereocenters. The Morgan fingerprint density at radius 3 is 1.89 bits per heavy atom. The lowest BCUT2D eigenvalue weighted by Crippen LogP contribution is -2.34. The van der Waals surface area contributed by atoms with Gasteiger partial charge in [-0.3, -0.25) is 0 Å². The van der Waals surface area contributed by atoms with Crippen LogP contribution in [0.4, 0.5) is 0 Å². The minimum atomic E-state index is -0.379. The summed E-state index contributed by atoms with van der Waals surface area (Å²) < 4.78 is 6.07. The lowest BCUT2D eigenvalue weighted by atomic mass is 10.1. The van der Waals surface area contributed by atoms with E-state index in [-0.39, 0.29) is 5.72 Å². The van der Waals surface area contributed by atoms with Crippen LogP contribution in [0.15, 0.2) is 60.7 Å². The van der Waals surface area contributed by atoms with Gasteiger partial charge in [0.15, 0.2) is 11.5 Å². The minimum Gasteiger partial charge on any atom is -0.466 e. The van der Waals surface area contributed by atoms with Gasteiger partial charge in [-0.2, -0.15) is 0 Å². The minimum absolute atomic E-state index is 0.379. The van der Waals surface area contributed by atoms with Crippen molar-refractivity contribution in [3.63, 3.8) is 0 Å². The third-order valence-electron chi connectivity index (χ3n) is 3.11.